The molecular weight excluding hydrogens is 176 g/mol. The first-order valence-electron chi connectivity index (χ1n) is 4.94. The van der Waals surface area contributed by atoms with E-state index in [9.17, 15) is 0 Å². The van der Waals surface area contributed by atoms with Crippen LogP contribution in [0, 0.1) is 13.8 Å². The highest BCUT2D eigenvalue weighted by atomic mass is 15.2. The summed E-state index contributed by atoms with van der Waals surface area (Å²) in [7, 11) is 0. The van der Waals surface area contributed by atoms with Gasteiger partial charge in [-0.05, 0) is 26.8 Å². The number of hydrogen-bond donors (Lipinski definition) is 1. The Morgan fingerprint density at radius 2 is 1.86 bits per heavy atom. The molecule has 78 valence electrons. The summed E-state index contributed by atoms with van der Waals surface area (Å²) in [5.41, 5.74) is 7.53. The third-order valence-corrected chi connectivity index (χ3v) is 2.03. The van der Waals surface area contributed by atoms with Gasteiger partial charge in [0, 0.05) is 31.0 Å². The van der Waals surface area contributed by atoms with Gasteiger partial charge in [-0.25, -0.2) is 9.97 Å². The molecule has 4 heteroatoms. The van der Waals surface area contributed by atoms with Crippen LogP contribution in [0.25, 0.3) is 0 Å². The fraction of sp³-hybridized carbons (Fsp3) is 0.600. The van der Waals surface area contributed by atoms with Gasteiger partial charge in [0.05, 0.1) is 0 Å². The summed E-state index contributed by atoms with van der Waals surface area (Å²) < 4.78 is 0. The van der Waals surface area contributed by atoms with Crippen molar-refractivity contribution in [3.05, 3.63) is 17.5 Å². The van der Waals surface area contributed by atoms with Crippen molar-refractivity contribution >= 4 is 5.95 Å². The zero-order valence-electron chi connectivity index (χ0n) is 9.12. The van der Waals surface area contributed by atoms with Crippen molar-refractivity contribution < 1.29 is 0 Å². The Labute approximate surface area is 85.2 Å². The normalized spacial score (nSPS) is 10.3. The van der Waals surface area contributed by atoms with Crippen molar-refractivity contribution in [2.24, 2.45) is 5.73 Å². The number of nitrogens with two attached hydrogens (primary N) is 1. The molecule has 0 amide bonds. The van der Waals surface area contributed by atoms with Crippen LogP contribution in [0.4, 0.5) is 5.95 Å². The van der Waals surface area contributed by atoms with Crippen molar-refractivity contribution in [3.8, 4) is 0 Å². The van der Waals surface area contributed by atoms with Gasteiger partial charge in [0.25, 0.3) is 0 Å². The Kier molecular flexibility index (Phi) is 3.83. The van der Waals surface area contributed by atoms with Crippen LogP contribution in [0.5, 0.6) is 0 Å². The molecular formula is C10H18N4. The predicted molar refractivity (Wildman–Crippen MR) is 58.4 cm³/mol. The maximum Gasteiger partial charge on any atom is 0.225 e. The van der Waals surface area contributed by atoms with Crippen molar-refractivity contribution in [2.75, 3.05) is 24.5 Å². The van der Waals surface area contributed by atoms with Gasteiger partial charge in [-0.1, -0.05) is 0 Å². The second-order valence-electron chi connectivity index (χ2n) is 3.32. The lowest BCUT2D eigenvalue weighted by Gasteiger charge is -2.20. The number of hydrogen-bond acceptors (Lipinski definition) is 4. The van der Waals surface area contributed by atoms with Crippen LogP contribution >= 0.6 is 0 Å². The Morgan fingerprint density at radius 3 is 2.29 bits per heavy atom. The van der Waals surface area contributed by atoms with E-state index in [1.54, 1.807) is 0 Å². The first kappa shape index (κ1) is 10.9. The molecule has 1 rings (SSSR count). The molecule has 0 saturated heterocycles. The molecule has 0 spiro atoms. The van der Waals surface area contributed by atoms with Crippen molar-refractivity contribution in [1.82, 2.24) is 9.97 Å². The first-order chi connectivity index (χ1) is 6.67. The van der Waals surface area contributed by atoms with E-state index < -0.39 is 0 Å². The molecule has 0 bridgehead atoms. The minimum Gasteiger partial charge on any atom is -0.340 e. The lowest BCUT2D eigenvalue weighted by molar-refractivity contribution is 0.776. The van der Waals surface area contributed by atoms with Gasteiger partial charge in [-0.3, -0.25) is 0 Å². The summed E-state index contributed by atoms with van der Waals surface area (Å²) in [5.74, 6) is 0.787. The number of likely N-dealkylation sites (N-methyl/N-ethyl adjacent to an activating group) is 1. The highest BCUT2D eigenvalue weighted by molar-refractivity contribution is 5.31. The molecule has 0 radical (unpaired) electrons. The van der Waals surface area contributed by atoms with Crippen LogP contribution in [0.3, 0.4) is 0 Å². The van der Waals surface area contributed by atoms with Gasteiger partial charge in [0.15, 0.2) is 0 Å². The Hall–Kier alpha value is -1.16. The molecule has 0 saturated carbocycles. The maximum atomic E-state index is 5.52. The fourth-order valence-corrected chi connectivity index (χ4v) is 1.40. The summed E-state index contributed by atoms with van der Waals surface area (Å²) >= 11 is 0. The molecule has 2 N–H and O–H groups in total. The molecule has 0 atom stereocenters. The van der Waals surface area contributed by atoms with E-state index in [0.29, 0.717) is 6.54 Å². The molecule has 14 heavy (non-hydrogen) atoms. The number of rotatable bonds is 4. The molecule has 1 heterocycles. The summed E-state index contributed by atoms with van der Waals surface area (Å²) in [6.07, 6.45) is 0. The molecule has 0 aliphatic heterocycles. The SMILES string of the molecule is CCN(CCN)c1nc(C)cc(C)n1. The van der Waals surface area contributed by atoms with Crippen molar-refractivity contribution in [3.63, 3.8) is 0 Å². The predicted octanol–water partition coefficient (Wildman–Crippen LogP) is 0.878. The highest BCUT2D eigenvalue weighted by Gasteiger charge is 2.06. The van der Waals surface area contributed by atoms with E-state index >= 15 is 0 Å². The number of aromatic nitrogens is 2. The fourth-order valence-electron chi connectivity index (χ4n) is 1.40. The van der Waals surface area contributed by atoms with Crippen molar-refractivity contribution in [1.29, 1.82) is 0 Å². The van der Waals surface area contributed by atoms with Crippen LogP contribution in [-0.2, 0) is 0 Å². The molecule has 0 unspecified atom stereocenters. The summed E-state index contributed by atoms with van der Waals surface area (Å²) in [5, 5.41) is 0. The van der Waals surface area contributed by atoms with E-state index in [4.69, 9.17) is 5.73 Å². The highest BCUT2D eigenvalue weighted by Crippen LogP contribution is 2.08. The average Bonchev–Trinajstić information content (AvgIpc) is 2.12. The molecule has 1 aromatic rings. The van der Waals surface area contributed by atoms with Gasteiger partial charge in [0.2, 0.25) is 5.95 Å². The monoisotopic (exact) mass is 194 g/mol. The second kappa shape index (κ2) is 4.91. The minimum absolute atomic E-state index is 0.629. The van der Waals surface area contributed by atoms with Crippen molar-refractivity contribution in [2.45, 2.75) is 20.8 Å². The smallest absolute Gasteiger partial charge is 0.225 e. The van der Waals surface area contributed by atoms with Crippen LogP contribution < -0.4 is 10.6 Å². The Balaban J connectivity index is 2.91. The van der Waals surface area contributed by atoms with Gasteiger partial charge in [-0.15, -0.1) is 0 Å². The zero-order valence-corrected chi connectivity index (χ0v) is 9.12. The number of anilines is 1. The third kappa shape index (κ3) is 2.67. The van der Waals surface area contributed by atoms with Crippen LogP contribution in [0.2, 0.25) is 0 Å². The molecule has 0 aliphatic rings. The van der Waals surface area contributed by atoms with Crippen LogP contribution in [0.1, 0.15) is 18.3 Å². The van der Waals surface area contributed by atoms with Crippen LogP contribution in [-0.4, -0.2) is 29.6 Å². The van der Waals surface area contributed by atoms with E-state index in [0.717, 1.165) is 30.4 Å². The van der Waals surface area contributed by atoms with Crippen LogP contribution in [0.15, 0.2) is 6.07 Å². The lowest BCUT2D eigenvalue weighted by Crippen LogP contribution is -2.30. The van der Waals surface area contributed by atoms with E-state index in [-0.39, 0.29) is 0 Å². The lowest BCUT2D eigenvalue weighted by atomic mass is 10.3. The first-order valence-corrected chi connectivity index (χ1v) is 4.94. The average molecular weight is 194 g/mol. The second-order valence-corrected chi connectivity index (χ2v) is 3.32. The Bertz CT molecular complexity index is 278. The zero-order chi connectivity index (χ0) is 10.6. The molecule has 4 nitrogen and oxygen atoms in total. The summed E-state index contributed by atoms with van der Waals surface area (Å²) in [6.45, 7) is 8.36. The van der Waals surface area contributed by atoms with E-state index in [1.807, 2.05) is 19.9 Å². The molecule has 0 aromatic carbocycles. The van der Waals surface area contributed by atoms with Gasteiger partial charge in [-0.2, -0.15) is 0 Å². The summed E-state index contributed by atoms with van der Waals surface area (Å²) in [6, 6.07) is 1.97. The standard InChI is InChI=1S/C10H18N4/c1-4-14(6-5-11)10-12-8(2)7-9(3)13-10/h7H,4-6,11H2,1-3H3. The van der Waals surface area contributed by atoms with Gasteiger partial charge >= 0.3 is 0 Å². The maximum absolute atomic E-state index is 5.52. The number of aryl methyl sites for hydroxylation is 2. The molecule has 0 aliphatic carbocycles. The summed E-state index contributed by atoms with van der Waals surface area (Å²) in [4.78, 5) is 10.8. The topological polar surface area (TPSA) is 55.0 Å². The van der Waals surface area contributed by atoms with E-state index in [1.165, 1.54) is 0 Å². The minimum atomic E-state index is 0.629. The molecule has 0 fully saturated rings. The Morgan fingerprint density at radius 1 is 1.29 bits per heavy atom. The van der Waals surface area contributed by atoms with E-state index in [2.05, 4.69) is 21.8 Å². The number of nitrogens with zero attached hydrogens (tertiary/aromatic N) is 3. The largest absolute Gasteiger partial charge is 0.340 e. The quantitative estimate of drug-likeness (QED) is 0.773. The molecule has 1 aromatic heterocycles. The third-order valence-electron chi connectivity index (χ3n) is 2.03. The van der Waals surface area contributed by atoms with Gasteiger partial charge < -0.3 is 10.6 Å². The van der Waals surface area contributed by atoms with Gasteiger partial charge in [0.1, 0.15) is 0 Å².